The first-order chi connectivity index (χ1) is 11.0. The van der Waals surface area contributed by atoms with Gasteiger partial charge in [-0.2, -0.15) is 0 Å². The Balaban J connectivity index is 1.54. The lowest BCUT2D eigenvalue weighted by Gasteiger charge is -2.36. The first-order valence-corrected chi connectivity index (χ1v) is 8.60. The fourth-order valence-electron chi connectivity index (χ4n) is 3.75. The third-order valence-electron chi connectivity index (χ3n) is 5.15. The van der Waals surface area contributed by atoms with Crippen molar-refractivity contribution in [2.45, 2.75) is 57.7 Å². The number of nitro groups is 1. The van der Waals surface area contributed by atoms with Gasteiger partial charge in [-0.15, -0.1) is 0 Å². The number of aromatic nitrogens is 2. The Kier molecular flexibility index (Phi) is 4.84. The third kappa shape index (κ3) is 3.65. The minimum atomic E-state index is -0.402. The van der Waals surface area contributed by atoms with Crippen LogP contribution < -0.4 is 4.90 Å². The highest BCUT2D eigenvalue weighted by atomic mass is 16.6. The smallest absolute Gasteiger partial charge is 0.375 e. The molecule has 0 atom stereocenters. The van der Waals surface area contributed by atoms with Crippen molar-refractivity contribution in [3.63, 3.8) is 0 Å². The van der Waals surface area contributed by atoms with Gasteiger partial charge in [-0.05, 0) is 54.4 Å². The van der Waals surface area contributed by atoms with E-state index >= 15 is 0 Å². The van der Waals surface area contributed by atoms with Crippen molar-refractivity contribution in [2.75, 3.05) is 18.0 Å². The van der Waals surface area contributed by atoms with Crippen molar-refractivity contribution in [3.8, 4) is 0 Å². The minimum Gasteiger partial charge on any atom is -0.375 e. The Morgan fingerprint density at radius 1 is 1.17 bits per heavy atom. The zero-order valence-electron chi connectivity index (χ0n) is 14.0. The van der Waals surface area contributed by atoms with E-state index in [1.165, 1.54) is 32.0 Å². The first-order valence-electron chi connectivity index (χ1n) is 8.60. The summed E-state index contributed by atoms with van der Waals surface area (Å²) in [6.07, 6.45) is 8.95. The molecule has 1 aliphatic heterocycles. The van der Waals surface area contributed by atoms with Crippen LogP contribution >= 0.6 is 0 Å². The average Bonchev–Trinajstić information content (AvgIpc) is 2.92. The van der Waals surface area contributed by atoms with Crippen molar-refractivity contribution in [1.29, 1.82) is 0 Å². The van der Waals surface area contributed by atoms with Crippen LogP contribution in [-0.4, -0.2) is 39.8 Å². The molecule has 128 valence electrons. The van der Waals surface area contributed by atoms with Crippen LogP contribution in [0.2, 0.25) is 0 Å². The largest absolute Gasteiger partial charge is 0.406 e. The standard InChI is InChI=1S/C16H26N4O3/c1-12-3-5-13(6-4-12)23-14-7-9-19(10-8-14)16-15(20(21)22)17-11-18(16)2/h11-14H,3-10H2,1-2H3. The third-order valence-corrected chi connectivity index (χ3v) is 5.15. The Labute approximate surface area is 136 Å². The molecule has 1 aromatic rings. The van der Waals surface area contributed by atoms with Crippen LogP contribution in [0.15, 0.2) is 6.33 Å². The molecule has 0 N–H and O–H groups in total. The summed E-state index contributed by atoms with van der Waals surface area (Å²) in [6.45, 7) is 3.89. The van der Waals surface area contributed by atoms with Crippen molar-refractivity contribution in [1.82, 2.24) is 9.55 Å². The van der Waals surface area contributed by atoms with Gasteiger partial charge in [0.15, 0.2) is 0 Å². The highest BCUT2D eigenvalue weighted by molar-refractivity contribution is 5.54. The zero-order chi connectivity index (χ0) is 16.4. The van der Waals surface area contributed by atoms with E-state index in [-0.39, 0.29) is 11.9 Å². The summed E-state index contributed by atoms with van der Waals surface area (Å²) in [5, 5.41) is 11.1. The summed E-state index contributed by atoms with van der Waals surface area (Å²) < 4.78 is 8.01. The molecule has 1 aliphatic carbocycles. The molecular formula is C16H26N4O3. The number of imidazole rings is 1. The van der Waals surface area contributed by atoms with Crippen LogP contribution in [0.4, 0.5) is 11.6 Å². The second-order valence-corrected chi connectivity index (χ2v) is 6.96. The van der Waals surface area contributed by atoms with Crippen LogP contribution in [0, 0.1) is 16.0 Å². The van der Waals surface area contributed by atoms with E-state index in [1.54, 1.807) is 11.6 Å². The average molecular weight is 322 g/mol. The number of piperidine rings is 1. The maximum atomic E-state index is 11.1. The second-order valence-electron chi connectivity index (χ2n) is 6.96. The van der Waals surface area contributed by atoms with Crippen molar-refractivity contribution < 1.29 is 9.66 Å². The number of hydrogen-bond acceptors (Lipinski definition) is 5. The quantitative estimate of drug-likeness (QED) is 0.629. The Bertz CT molecular complexity index is 544. The Morgan fingerprint density at radius 3 is 2.39 bits per heavy atom. The van der Waals surface area contributed by atoms with Crippen molar-refractivity contribution in [2.24, 2.45) is 13.0 Å². The summed E-state index contributed by atoms with van der Waals surface area (Å²) in [7, 11) is 1.81. The summed E-state index contributed by atoms with van der Waals surface area (Å²) in [4.78, 5) is 16.7. The molecule has 2 aliphatic rings. The van der Waals surface area contributed by atoms with Gasteiger partial charge in [-0.1, -0.05) is 6.92 Å². The molecule has 0 aromatic carbocycles. The number of nitrogens with zero attached hydrogens (tertiary/aromatic N) is 4. The number of aryl methyl sites for hydroxylation is 1. The van der Waals surface area contributed by atoms with E-state index < -0.39 is 4.92 Å². The predicted octanol–water partition coefficient (Wildman–Crippen LogP) is 2.89. The lowest BCUT2D eigenvalue weighted by Crippen LogP contribution is -2.40. The van der Waals surface area contributed by atoms with E-state index in [0.717, 1.165) is 31.8 Å². The summed E-state index contributed by atoms with van der Waals surface area (Å²) >= 11 is 0. The van der Waals surface area contributed by atoms with E-state index in [2.05, 4.69) is 16.8 Å². The van der Waals surface area contributed by atoms with Crippen molar-refractivity contribution >= 4 is 11.6 Å². The SMILES string of the molecule is CC1CCC(OC2CCN(c3c([N+](=O)[O-])ncn3C)CC2)CC1. The Morgan fingerprint density at radius 2 is 1.78 bits per heavy atom. The molecule has 2 heterocycles. The molecule has 0 unspecified atom stereocenters. The van der Waals surface area contributed by atoms with Gasteiger partial charge in [0.05, 0.1) is 12.2 Å². The molecule has 7 heteroatoms. The van der Waals surface area contributed by atoms with Gasteiger partial charge in [-0.25, -0.2) is 0 Å². The fraction of sp³-hybridized carbons (Fsp3) is 0.812. The summed E-state index contributed by atoms with van der Waals surface area (Å²) in [5.74, 6) is 1.40. The highest BCUT2D eigenvalue weighted by Crippen LogP contribution is 2.31. The van der Waals surface area contributed by atoms with E-state index in [1.807, 2.05) is 0 Å². The van der Waals surface area contributed by atoms with Crippen LogP contribution in [0.3, 0.4) is 0 Å². The van der Waals surface area contributed by atoms with Crippen LogP contribution in [0.25, 0.3) is 0 Å². The molecule has 1 saturated carbocycles. The molecule has 1 saturated heterocycles. The highest BCUT2D eigenvalue weighted by Gasteiger charge is 2.30. The molecule has 0 amide bonds. The first kappa shape index (κ1) is 16.2. The summed E-state index contributed by atoms with van der Waals surface area (Å²) in [6, 6.07) is 0. The van der Waals surface area contributed by atoms with Crippen molar-refractivity contribution in [3.05, 3.63) is 16.4 Å². The number of anilines is 1. The van der Waals surface area contributed by atoms with E-state index in [9.17, 15) is 10.1 Å². The molecule has 0 spiro atoms. The van der Waals surface area contributed by atoms with Gasteiger partial charge in [0.25, 0.3) is 0 Å². The maximum Gasteiger partial charge on any atom is 0.406 e. The van der Waals surface area contributed by atoms with Crippen LogP contribution in [0.1, 0.15) is 45.4 Å². The predicted molar refractivity (Wildman–Crippen MR) is 87.6 cm³/mol. The molecule has 1 aromatic heterocycles. The molecule has 0 radical (unpaired) electrons. The number of ether oxygens (including phenoxy) is 1. The lowest BCUT2D eigenvalue weighted by molar-refractivity contribution is -0.388. The number of rotatable bonds is 4. The van der Waals surface area contributed by atoms with E-state index in [4.69, 9.17) is 4.74 Å². The topological polar surface area (TPSA) is 73.4 Å². The monoisotopic (exact) mass is 322 g/mol. The molecule has 0 bridgehead atoms. The van der Waals surface area contributed by atoms with Gasteiger partial charge in [-0.3, -0.25) is 4.57 Å². The van der Waals surface area contributed by atoms with Crippen LogP contribution in [0.5, 0.6) is 0 Å². The van der Waals surface area contributed by atoms with Gasteiger partial charge in [0, 0.05) is 20.1 Å². The molecule has 2 fully saturated rings. The Hall–Kier alpha value is -1.63. The molecule has 7 nitrogen and oxygen atoms in total. The van der Waals surface area contributed by atoms with Gasteiger partial charge >= 0.3 is 5.82 Å². The second kappa shape index (κ2) is 6.86. The van der Waals surface area contributed by atoms with Gasteiger partial charge in [0.1, 0.15) is 0 Å². The molecular weight excluding hydrogens is 296 g/mol. The van der Waals surface area contributed by atoms with Gasteiger partial charge < -0.3 is 19.8 Å². The zero-order valence-corrected chi connectivity index (χ0v) is 14.0. The van der Waals surface area contributed by atoms with Crippen LogP contribution in [-0.2, 0) is 11.8 Å². The molecule has 3 rings (SSSR count). The summed E-state index contributed by atoms with van der Waals surface area (Å²) in [5.41, 5.74) is 0. The fourth-order valence-corrected chi connectivity index (χ4v) is 3.75. The minimum absolute atomic E-state index is 0.0480. The van der Waals surface area contributed by atoms with E-state index in [0.29, 0.717) is 11.9 Å². The lowest BCUT2D eigenvalue weighted by atomic mass is 9.88. The van der Waals surface area contributed by atoms with Gasteiger partial charge in [0.2, 0.25) is 12.1 Å². The molecule has 23 heavy (non-hydrogen) atoms. The normalized spacial score (nSPS) is 26.4. The number of hydrogen-bond donors (Lipinski definition) is 0. The maximum absolute atomic E-state index is 11.1.